The maximum atomic E-state index is 14.7. The standard InChI is InChI=1S/C44H62F3N3O12/c1-6-8-12-21-42(22-13-9-7-2)60-35-31-24-43(40(56)48-23-20-32(52)49-30(26-51)17-19-34(54)59-41(3,4)5)37(39(55)58-31)50(62-38(43)36(35)61-42)25-29-15-11-10-14-28(29)16-18-33(53)57-27-44(45,46)47/h10-11,14-16,18,30-31,35-38,51H,6-9,12-13,17,19-27H2,1-5H3,(H,48,56)(H,49,52)/t30-,31?,35-,36-,37-,38+,43?/m0/s1. The van der Waals surface area contributed by atoms with Crippen molar-refractivity contribution in [2.24, 2.45) is 5.41 Å². The molecular formula is C44H62F3N3O12. The van der Waals surface area contributed by atoms with Crippen molar-refractivity contribution in [3.8, 4) is 0 Å². The third-order valence-corrected chi connectivity index (χ3v) is 11.5. The molecule has 2 unspecified atom stereocenters. The summed E-state index contributed by atoms with van der Waals surface area (Å²) in [4.78, 5) is 73.0. The number of halogens is 3. The summed E-state index contributed by atoms with van der Waals surface area (Å²) in [5.74, 6) is -4.46. The molecule has 0 spiro atoms. The molecule has 1 saturated carbocycles. The molecule has 1 aliphatic carbocycles. The summed E-state index contributed by atoms with van der Waals surface area (Å²) in [5, 5.41) is 16.8. The van der Waals surface area contributed by atoms with Gasteiger partial charge in [0.1, 0.15) is 35.4 Å². The first kappa shape index (κ1) is 48.9. The van der Waals surface area contributed by atoms with Gasteiger partial charge in [0.25, 0.3) is 0 Å². The van der Waals surface area contributed by atoms with Crippen molar-refractivity contribution in [2.75, 3.05) is 19.8 Å². The number of nitrogens with one attached hydrogen (secondary N) is 2. The Balaban J connectivity index is 1.38. The number of benzene rings is 1. The number of alkyl halides is 3. The number of amides is 2. The summed E-state index contributed by atoms with van der Waals surface area (Å²) in [5.41, 5.74) is -1.34. The zero-order chi connectivity index (χ0) is 45.3. The van der Waals surface area contributed by atoms with Gasteiger partial charge in [-0.15, -0.1) is 0 Å². The highest BCUT2D eigenvalue weighted by Gasteiger charge is 2.76. The lowest BCUT2D eigenvalue weighted by Crippen LogP contribution is -2.69. The van der Waals surface area contributed by atoms with Gasteiger partial charge in [0.2, 0.25) is 11.8 Å². The van der Waals surface area contributed by atoms with Crippen LogP contribution in [0, 0.1) is 5.41 Å². The smallest absolute Gasteiger partial charge is 0.422 e. The Labute approximate surface area is 360 Å². The lowest BCUT2D eigenvalue weighted by Gasteiger charge is -2.48. The normalized spacial score (nSPS) is 25.8. The predicted octanol–water partition coefficient (Wildman–Crippen LogP) is 5.35. The van der Waals surface area contributed by atoms with Crippen LogP contribution in [0.25, 0.3) is 6.08 Å². The molecule has 3 saturated heterocycles. The fourth-order valence-corrected chi connectivity index (χ4v) is 8.71. The third-order valence-electron chi connectivity index (χ3n) is 11.5. The van der Waals surface area contributed by atoms with Crippen LogP contribution in [0.1, 0.15) is 123 Å². The molecule has 3 heterocycles. The molecule has 1 aromatic rings. The predicted molar refractivity (Wildman–Crippen MR) is 216 cm³/mol. The van der Waals surface area contributed by atoms with Gasteiger partial charge in [-0.1, -0.05) is 63.8 Å². The first-order chi connectivity index (χ1) is 29.3. The van der Waals surface area contributed by atoms with Crippen LogP contribution in [-0.2, 0) is 59.0 Å². The molecule has 346 valence electrons. The Morgan fingerprint density at radius 2 is 1.68 bits per heavy atom. The molecule has 0 aromatic heterocycles. The molecule has 62 heavy (non-hydrogen) atoms. The molecule has 5 rings (SSSR count). The fourth-order valence-electron chi connectivity index (χ4n) is 8.71. The topological polar surface area (TPSA) is 188 Å². The number of aliphatic hydroxyl groups is 1. The quantitative estimate of drug-likeness (QED) is 0.0586. The second-order valence-electron chi connectivity index (χ2n) is 17.5. The van der Waals surface area contributed by atoms with E-state index in [0.717, 1.165) is 44.6 Å². The molecule has 3 aliphatic heterocycles. The zero-order valence-electron chi connectivity index (χ0n) is 36.3. The number of hydrogen-bond acceptors (Lipinski definition) is 13. The van der Waals surface area contributed by atoms with Crippen molar-refractivity contribution in [1.29, 1.82) is 0 Å². The lowest BCUT2D eigenvalue weighted by molar-refractivity contribution is -0.224. The van der Waals surface area contributed by atoms with Crippen molar-refractivity contribution in [3.63, 3.8) is 0 Å². The third kappa shape index (κ3) is 12.3. The van der Waals surface area contributed by atoms with Gasteiger partial charge in [0, 0.05) is 44.7 Å². The molecule has 4 fully saturated rings. The minimum absolute atomic E-state index is 0.0248. The molecular weight excluding hydrogens is 819 g/mol. The number of esters is 3. The number of unbranched alkanes of at least 4 members (excludes halogenated alkanes) is 4. The molecule has 15 nitrogen and oxygen atoms in total. The van der Waals surface area contributed by atoms with Gasteiger partial charge in [0.15, 0.2) is 18.4 Å². The highest BCUT2D eigenvalue weighted by molar-refractivity contribution is 5.94. The fraction of sp³-hybridized carbons (Fsp3) is 0.705. The van der Waals surface area contributed by atoms with E-state index in [0.29, 0.717) is 24.0 Å². The number of hydrogen-bond donors (Lipinski definition) is 3. The van der Waals surface area contributed by atoms with Crippen LogP contribution in [0.3, 0.4) is 0 Å². The summed E-state index contributed by atoms with van der Waals surface area (Å²) in [6.07, 6.45) is 0.608. The number of ether oxygens (including phenoxy) is 5. The summed E-state index contributed by atoms with van der Waals surface area (Å²) >= 11 is 0. The Bertz CT molecular complexity index is 1760. The number of hydroxylamine groups is 2. The Morgan fingerprint density at radius 3 is 2.32 bits per heavy atom. The van der Waals surface area contributed by atoms with E-state index in [1.807, 2.05) is 0 Å². The summed E-state index contributed by atoms with van der Waals surface area (Å²) in [6.45, 7) is 6.99. The minimum atomic E-state index is -4.70. The molecule has 0 radical (unpaired) electrons. The van der Waals surface area contributed by atoms with Crippen molar-refractivity contribution in [1.82, 2.24) is 15.7 Å². The van der Waals surface area contributed by atoms with E-state index < -0.39 is 102 Å². The van der Waals surface area contributed by atoms with E-state index in [-0.39, 0.29) is 38.8 Å². The van der Waals surface area contributed by atoms with E-state index >= 15 is 0 Å². The van der Waals surface area contributed by atoms with Crippen LogP contribution >= 0.6 is 0 Å². The SMILES string of the molecule is CCCCCC1(CCCCC)O[C@@H]2[C@H]3ON(Cc4ccccc4C=CC(=O)OCC(F)(F)F)[C@H]4C(=O)OC(CC34C(=O)NCCC(=O)N[C@H](CO)CCC(=O)OC(C)(C)C)[C@@H]2O1. The van der Waals surface area contributed by atoms with Gasteiger partial charge in [-0.05, 0) is 57.2 Å². The maximum Gasteiger partial charge on any atom is 0.422 e. The van der Waals surface area contributed by atoms with Gasteiger partial charge in [-0.25, -0.2) is 4.79 Å². The summed E-state index contributed by atoms with van der Waals surface area (Å²) < 4.78 is 67.4. The average molecular weight is 882 g/mol. The highest BCUT2D eigenvalue weighted by atomic mass is 19.4. The van der Waals surface area contributed by atoms with Crippen LogP contribution in [0.4, 0.5) is 13.2 Å². The van der Waals surface area contributed by atoms with Gasteiger partial charge >= 0.3 is 24.1 Å². The number of fused-ring (bicyclic) bond motifs is 4. The number of carbonyl (C=O) groups is 5. The largest absolute Gasteiger partial charge is 0.460 e. The van der Waals surface area contributed by atoms with E-state index in [1.54, 1.807) is 45.0 Å². The van der Waals surface area contributed by atoms with E-state index in [2.05, 4.69) is 29.2 Å². The summed E-state index contributed by atoms with van der Waals surface area (Å²) in [7, 11) is 0. The molecule has 18 heteroatoms. The van der Waals surface area contributed by atoms with Gasteiger partial charge < -0.3 is 39.4 Å². The molecule has 3 N–H and O–H groups in total. The molecule has 4 aliphatic rings. The number of carbonyl (C=O) groups excluding carboxylic acids is 5. The number of aliphatic hydroxyl groups excluding tert-OH is 1. The second-order valence-corrected chi connectivity index (χ2v) is 17.5. The van der Waals surface area contributed by atoms with Crippen LogP contribution in [-0.4, -0.2) is 114 Å². The van der Waals surface area contributed by atoms with Crippen molar-refractivity contribution >= 4 is 35.8 Å². The van der Waals surface area contributed by atoms with Crippen LogP contribution in [0.2, 0.25) is 0 Å². The maximum absolute atomic E-state index is 14.7. The first-order valence-electron chi connectivity index (χ1n) is 21.7. The van der Waals surface area contributed by atoms with E-state index in [9.17, 15) is 42.3 Å². The van der Waals surface area contributed by atoms with E-state index in [1.165, 1.54) is 11.1 Å². The monoisotopic (exact) mass is 881 g/mol. The van der Waals surface area contributed by atoms with Gasteiger partial charge in [0.05, 0.1) is 19.2 Å². The van der Waals surface area contributed by atoms with Crippen molar-refractivity contribution < 1.29 is 70.8 Å². The Hall–Kier alpha value is -4.10. The first-order valence-corrected chi connectivity index (χ1v) is 21.7. The van der Waals surface area contributed by atoms with Crippen LogP contribution in [0.5, 0.6) is 0 Å². The Kier molecular flexibility index (Phi) is 16.6. The van der Waals surface area contributed by atoms with Gasteiger partial charge in [-0.2, -0.15) is 18.2 Å². The number of rotatable bonds is 22. The lowest BCUT2D eigenvalue weighted by atomic mass is 9.62. The zero-order valence-corrected chi connectivity index (χ0v) is 36.3. The number of nitrogens with zero attached hydrogens (tertiary/aromatic N) is 1. The molecule has 1 aromatic carbocycles. The highest BCUT2D eigenvalue weighted by Crippen LogP contribution is 2.58. The second kappa shape index (κ2) is 21.1. The van der Waals surface area contributed by atoms with Gasteiger partial charge in [-0.3, -0.25) is 24.0 Å². The van der Waals surface area contributed by atoms with E-state index in [4.69, 9.17) is 23.8 Å². The summed E-state index contributed by atoms with van der Waals surface area (Å²) in [6, 6.07) is 4.64. The van der Waals surface area contributed by atoms with Crippen molar-refractivity contribution in [3.05, 3.63) is 41.5 Å². The molecule has 2 bridgehead atoms. The van der Waals surface area contributed by atoms with Crippen molar-refractivity contribution in [2.45, 2.75) is 172 Å². The Morgan fingerprint density at radius 1 is 1.00 bits per heavy atom. The molecule has 2 amide bonds. The molecule has 7 atom stereocenters. The van der Waals surface area contributed by atoms with Crippen LogP contribution in [0.15, 0.2) is 30.3 Å². The van der Waals surface area contributed by atoms with Crippen LogP contribution < -0.4 is 10.6 Å². The minimum Gasteiger partial charge on any atom is -0.460 e. The average Bonchev–Trinajstić information content (AvgIpc) is 3.76.